The van der Waals surface area contributed by atoms with Crippen molar-refractivity contribution in [1.29, 1.82) is 0 Å². The molecule has 1 aromatic heterocycles. The number of benzene rings is 3. The number of piperazine rings is 1. The van der Waals surface area contributed by atoms with Crippen molar-refractivity contribution in [3.05, 3.63) is 100 Å². The maximum Gasteiger partial charge on any atom is 0.253 e. The second-order valence-corrected chi connectivity index (χ2v) is 9.63. The van der Waals surface area contributed by atoms with Gasteiger partial charge in [-0.05, 0) is 66.9 Å². The highest BCUT2D eigenvalue weighted by Crippen LogP contribution is 2.24. The Balaban J connectivity index is 1.40. The van der Waals surface area contributed by atoms with Crippen molar-refractivity contribution in [3.63, 3.8) is 0 Å². The number of amides is 1. The molecule has 180 valence electrons. The van der Waals surface area contributed by atoms with Crippen LogP contribution in [-0.4, -0.2) is 58.0 Å². The first kappa shape index (κ1) is 23.3. The van der Waals surface area contributed by atoms with Gasteiger partial charge in [0, 0.05) is 44.7 Å². The van der Waals surface area contributed by atoms with Gasteiger partial charge in [0.2, 0.25) is 0 Å². The number of hydrogen-bond acceptors (Lipinski definition) is 3. The number of hydrogen-bond donors (Lipinski definition) is 0. The van der Waals surface area contributed by atoms with E-state index in [1.54, 1.807) is 0 Å². The van der Waals surface area contributed by atoms with Gasteiger partial charge in [-0.3, -0.25) is 4.79 Å². The summed E-state index contributed by atoms with van der Waals surface area (Å²) in [4.78, 5) is 22.4. The smallest absolute Gasteiger partial charge is 0.253 e. The lowest BCUT2D eigenvalue weighted by Crippen LogP contribution is -2.48. The molecule has 1 amide bonds. The highest BCUT2D eigenvalue weighted by Gasteiger charge is 2.21. The van der Waals surface area contributed by atoms with Crippen LogP contribution in [0.15, 0.2) is 66.7 Å². The van der Waals surface area contributed by atoms with Crippen molar-refractivity contribution in [1.82, 2.24) is 19.4 Å². The normalized spacial score (nSPS) is 14.5. The van der Waals surface area contributed by atoms with Gasteiger partial charge in [0.15, 0.2) is 0 Å². The van der Waals surface area contributed by atoms with Gasteiger partial charge in [-0.1, -0.05) is 49.4 Å². The van der Waals surface area contributed by atoms with E-state index in [0.29, 0.717) is 0 Å². The van der Waals surface area contributed by atoms with Crippen molar-refractivity contribution < 1.29 is 4.79 Å². The Labute approximate surface area is 208 Å². The highest BCUT2D eigenvalue weighted by molar-refractivity contribution is 5.94. The van der Waals surface area contributed by atoms with Crippen molar-refractivity contribution in [2.45, 2.75) is 33.7 Å². The average molecular weight is 467 g/mol. The molecule has 0 N–H and O–H groups in total. The lowest BCUT2D eigenvalue weighted by atomic mass is 10.1. The molecule has 5 heteroatoms. The molecular formula is C30H34N4O. The molecule has 4 aromatic rings. The molecular weight excluding hydrogens is 432 g/mol. The quantitative estimate of drug-likeness (QED) is 0.398. The number of nitrogens with zero attached hydrogens (tertiary/aromatic N) is 4. The molecule has 35 heavy (non-hydrogen) atoms. The number of aromatic nitrogens is 2. The predicted molar refractivity (Wildman–Crippen MR) is 142 cm³/mol. The van der Waals surface area contributed by atoms with Gasteiger partial charge in [-0.2, -0.15) is 0 Å². The lowest BCUT2D eigenvalue weighted by molar-refractivity contribution is 0.0643. The van der Waals surface area contributed by atoms with Gasteiger partial charge < -0.3 is 14.4 Å². The molecule has 0 saturated carbocycles. The number of fused-ring (bicyclic) bond motifs is 1. The van der Waals surface area contributed by atoms with Crippen LogP contribution >= 0.6 is 0 Å². The average Bonchev–Trinajstić information content (AvgIpc) is 3.20. The van der Waals surface area contributed by atoms with E-state index in [-0.39, 0.29) is 5.91 Å². The summed E-state index contributed by atoms with van der Waals surface area (Å²) in [6.07, 6.45) is 0.786. The molecule has 0 aliphatic carbocycles. The van der Waals surface area contributed by atoms with Gasteiger partial charge in [0.25, 0.3) is 5.91 Å². The van der Waals surface area contributed by atoms with Gasteiger partial charge in [-0.25, -0.2) is 4.98 Å². The Hall–Kier alpha value is -3.44. The fraction of sp³-hybridized carbons (Fsp3) is 0.333. The van der Waals surface area contributed by atoms with Crippen molar-refractivity contribution in [3.8, 4) is 0 Å². The van der Waals surface area contributed by atoms with Gasteiger partial charge in [0.1, 0.15) is 5.82 Å². The minimum atomic E-state index is 0.135. The zero-order valence-electron chi connectivity index (χ0n) is 21.0. The molecule has 0 unspecified atom stereocenters. The monoisotopic (exact) mass is 466 g/mol. The van der Waals surface area contributed by atoms with E-state index >= 15 is 0 Å². The summed E-state index contributed by atoms with van der Waals surface area (Å²) >= 11 is 0. The molecule has 2 heterocycles. The van der Waals surface area contributed by atoms with Crippen LogP contribution in [0.4, 0.5) is 0 Å². The number of aryl methyl sites for hydroxylation is 2. The largest absolute Gasteiger partial charge is 0.336 e. The molecule has 1 saturated heterocycles. The van der Waals surface area contributed by atoms with E-state index in [2.05, 4.69) is 78.8 Å². The second-order valence-electron chi connectivity index (χ2n) is 9.63. The van der Waals surface area contributed by atoms with Crippen LogP contribution in [-0.2, 0) is 13.0 Å². The topological polar surface area (TPSA) is 41.4 Å². The molecule has 5 rings (SSSR count). The first-order valence-electron chi connectivity index (χ1n) is 12.6. The van der Waals surface area contributed by atoms with Crippen molar-refractivity contribution in [2.24, 2.45) is 0 Å². The molecule has 0 bridgehead atoms. The van der Waals surface area contributed by atoms with Crippen LogP contribution in [0, 0.1) is 13.8 Å². The first-order valence-corrected chi connectivity index (χ1v) is 12.6. The Morgan fingerprint density at radius 3 is 2.23 bits per heavy atom. The molecule has 0 radical (unpaired) electrons. The minimum Gasteiger partial charge on any atom is -0.336 e. The van der Waals surface area contributed by atoms with E-state index in [1.165, 1.54) is 22.3 Å². The molecule has 0 atom stereocenters. The summed E-state index contributed by atoms with van der Waals surface area (Å²) in [5.74, 6) is 1.20. The summed E-state index contributed by atoms with van der Waals surface area (Å²) in [6, 6.07) is 23.1. The number of rotatable bonds is 6. The summed E-state index contributed by atoms with van der Waals surface area (Å²) in [6.45, 7) is 11.8. The number of imidazole rings is 1. The summed E-state index contributed by atoms with van der Waals surface area (Å²) in [5.41, 5.74) is 7.92. The maximum absolute atomic E-state index is 13.0. The fourth-order valence-corrected chi connectivity index (χ4v) is 4.90. The Morgan fingerprint density at radius 2 is 1.54 bits per heavy atom. The standard InChI is InChI=1S/C30H34N4O/c1-4-32-14-16-33(17-15-32)30(35)26-12-10-25(11-13-26)21-34-28-19-23(3)22(2)18-27(28)31-29(34)20-24-8-6-5-7-9-24/h5-13,18-19H,4,14-17,20-21H2,1-3H3. The molecule has 1 fully saturated rings. The SMILES string of the molecule is CCN1CCN(C(=O)c2ccc(Cn3c(Cc4ccccc4)nc4cc(C)c(C)cc43)cc2)CC1. The lowest BCUT2D eigenvalue weighted by Gasteiger charge is -2.34. The summed E-state index contributed by atoms with van der Waals surface area (Å²) in [5, 5.41) is 0. The molecule has 0 spiro atoms. The molecule has 1 aliphatic heterocycles. The van der Waals surface area contributed by atoms with E-state index in [1.807, 2.05) is 23.1 Å². The van der Waals surface area contributed by atoms with E-state index < -0.39 is 0 Å². The van der Waals surface area contributed by atoms with Crippen molar-refractivity contribution in [2.75, 3.05) is 32.7 Å². The summed E-state index contributed by atoms with van der Waals surface area (Å²) < 4.78 is 2.33. The number of carbonyl (C=O) groups excluding carboxylic acids is 1. The summed E-state index contributed by atoms with van der Waals surface area (Å²) in [7, 11) is 0. The number of likely N-dealkylation sites (N-methyl/N-ethyl adjacent to an activating group) is 1. The maximum atomic E-state index is 13.0. The van der Waals surface area contributed by atoms with Crippen LogP contribution in [0.25, 0.3) is 11.0 Å². The van der Waals surface area contributed by atoms with Crippen LogP contribution < -0.4 is 0 Å². The number of carbonyl (C=O) groups is 1. The third kappa shape index (κ3) is 5.01. The van der Waals surface area contributed by atoms with Crippen molar-refractivity contribution >= 4 is 16.9 Å². The van der Waals surface area contributed by atoms with E-state index in [4.69, 9.17) is 4.98 Å². The van der Waals surface area contributed by atoms with E-state index in [0.717, 1.165) is 68.1 Å². The van der Waals surface area contributed by atoms with E-state index in [9.17, 15) is 4.79 Å². The van der Waals surface area contributed by atoms with Crippen LogP contribution in [0.1, 0.15) is 45.4 Å². The van der Waals surface area contributed by atoms with Crippen LogP contribution in [0.5, 0.6) is 0 Å². The first-order chi connectivity index (χ1) is 17.0. The zero-order valence-corrected chi connectivity index (χ0v) is 21.0. The van der Waals surface area contributed by atoms with Crippen LogP contribution in [0.2, 0.25) is 0 Å². The second kappa shape index (κ2) is 10.0. The van der Waals surface area contributed by atoms with Gasteiger partial charge >= 0.3 is 0 Å². The third-order valence-electron chi connectivity index (χ3n) is 7.30. The predicted octanol–water partition coefficient (Wildman–Crippen LogP) is 5.07. The Bertz CT molecular complexity index is 1320. The Morgan fingerprint density at radius 1 is 0.857 bits per heavy atom. The van der Waals surface area contributed by atoms with Gasteiger partial charge in [0.05, 0.1) is 11.0 Å². The zero-order chi connectivity index (χ0) is 24.4. The van der Waals surface area contributed by atoms with Crippen LogP contribution in [0.3, 0.4) is 0 Å². The third-order valence-corrected chi connectivity index (χ3v) is 7.30. The Kier molecular flexibility index (Phi) is 6.69. The molecule has 1 aliphatic rings. The highest BCUT2D eigenvalue weighted by atomic mass is 16.2. The van der Waals surface area contributed by atoms with Gasteiger partial charge in [-0.15, -0.1) is 0 Å². The minimum absolute atomic E-state index is 0.135. The molecule has 5 nitrogen and oxygen atoms in total. The molecule has 3 aromatic carbocycles. The fourth-order valence-electron chi connectivity index (χ4n) is 4.90.